The van der Waals surface area contributed by atoms with Crippen LogP contribution in [0.25, 0.3) is 0 Å². The van der Waals surface area contributed by atoms with E-state index in [1.807, 2.05) is 11.8 Å². The molecule has 1 saturated heterocycles. The van der Waals surface area contributed by atoms with Gasteiger partial charge in [0.15, 0.2) is 0 Å². The quantitative estimate of drug-likeness (QED) is 0.861. The second kappa shape index (κ2) is 6.01. The van der Waals surface area contributed by atoms with E-state index in [0.29, 0.717) is 0 Å². The minimum atomic E-state index is 0.0313. The van der Waals surface area contributed by atoms with Crippen LogP contribution in [-0.4, -0.2) is 29.9 Å². The molecule has 3 heteroatoms. The summed E-state index contributed by atoms with van der Waals surface area (Å²) in [5, 5.41) is 3.25. The van der Waals surface area contributed by atoms with Crippen LogP contribution in [0.15, 0.2) is 24.3 Å². The molecule has 98 valence electrons. The number of rotatable bonds is 5. The molecule has 1 unspecified atom stereocenters. The number of nitrogens with one attached hydrogen (secondary N) is 1. The molecule has 0 bridgehead atoms. The molecular weight excluding hydrogens is 224 g/mol. The highest BCUT2D eigenvalue weighted by Crippen LogP contribution is 2.18. The van der Waals surface area contributed by atoms with Crippen molar-refractivity contribution in [3.63, 3.8) is 0 Å². The molecule has 1 fully saturated rings. The summed E-state index contributed by atoms with van der Waals surface area (Å²) >= 11 is 0. The van der Waals surface area contributed by atoms with Crippen LogP contribution in [0.3, 0.4) is 0 Å². The van der Waals surface area contributed by atoms with Gasteiger partial charge < -0.3 is 10.2 Å². The molecule has 0 radical (unpaired) electrons. The second-order valence-corrected chi connectivity index (χ2v) is 4.78. The summed E-state index contributed by atoms with van der Waals surface area (Å²) in [4.78, 5) is 14.1. The fraction of sp³-hybridized carbons (Fsp3) is 0.533. The number of carbonyl (C=O) groups is 1. The van der Waals surface area contributed by atoms with Crippen molar-refractivity contribution in [1.82, 2.24) is 10.2 Å². The summed E-state index contributed by atoms with van der Waals surface area (Å²) in [5.74, 6) is 0.253. The maximum absolute atomic E-state index is 12.2. The Hall–Kier alpha value is -1.35. The molecule has 0 spiro atoms. The van der Waals surface area contributed by atoms with Gasteiger partial charge in [-0.1, -0.05) is 38.1 Å². The molecule has 1 aromatic carbocycles. The number of hydrogen-bond donors (Lipinski definition) is 1. The first-order valence-corrected chi connectivity index (χ1v) is 6.85. The summed E-state index contributed by atoms with van der Waals surface area (Å²) in [6.07, 6.45) is 1.95. The summed E-state index contributed by atoms with van der Waals surface area (Å²) in [7, 11) is 0. The van der Waals surface area contributed by atoms with Crippen LogP contribution in [-0.2, 0) is 17.8 Å². The van der Waals surface area contributed by atoms with Gasteiger partial charge >= 0.3 is 0 Å². The van der Waals surface area contributed by atoms with Crippen molar-refractivity contribution >= 4 is 5.91 Å². The predicted octanol–water partition coefficient (Wildman–Crippen LogP) is 1.96. The third-order valence-corrected chi connectivity index (χ3v) is 3.61. The monoisotopic (exact) mass is 246 g/mol. The lowest BCUT2D eigenvalue weighted by Crippen LogP contribution is -2.37. The normalized spacial score (nSPS) is 19.6. The second-order valence-electron chi connectivity index (χ2n) is 4.78. The SMILES string of the molecule is CCNC1CCN(Cc2ccccc2CC)C1=O. The van der Waals surface area contributed by atoms with Gasteiger partial charge in [-0.05, 0) is 30.5 Å². The molecule has 1 aliphatic rings. The van der Waals surface area contributed by atoms with E-state index in [1.54, 1.807) is 0 Å². The zero-order valence-corrected chi connectivity index (χ0v) is 11.3. The lowest BCUT2D eigenvalue weighted by atomic mass is 10.1. The molecule has 0 saturated carbocycles. The first-order valence-electron chi connectivity index (χ1n) is 6.85. The van der Waals surface area contributed by atoms with Crippen LogP contribution in [0.1, 0.15) is 31.4 Å². The maximum Gasteiger partial charge on any atom is 0.240 e. The summed E-state index contributed by atoms with van der Waals surface area (Å²) < 4.78 is 0. The Morgan fingerprint density at radius 3 is 2.67 bits per heavy atom. The topological polar surface area (TPSA) is 32.3 Å². The molecule has 3 nitrogen and oxygen atoms in total. The van der Waals surface area contributed by atoms with E-state index < -0.39 is 0 Å². The van der Waals surface area contributed by atoms with E-state index in [0.717, 1.165) is 32.5 Å². The van der Waals surface area contributed by atoms with Crippen molar-refractivity contribution in [2.24, 2.45) is 0 Å². The Morgan fingerprint density at radius 2 is 2.00 bits per heavy atom. The maximum atomic E-state index is 12.2. The summed E-state index contributed by atoms with van der Waals surface area (Å²) in [6.45, 7) is 6.68. The minimum Gasteiger partial charge on any atom is -0.337 e. The largest absolute Gasteiger partial charge is 0.337 e. The Morgan fingerprint density at radius 1 is 1.28 bits per heavy atom. The van der Waals surface area contributed by atoms with Gasteiger partial charge in [-0.2, -0.15) is 0 Å². The Kier molecular flexibility index (Phi) is 4.37. The van der Waals surface area contributed by atoms with Gasteiger partial charge in [0.2, 0.25) is 5.91 Å². The lowest BCUT2D eigenvalue weighted by Gasteiger charge is -2.18. The molecule has 1 heterocycles. The van der Waals surface area contributed by atoms with Crippen molar-refractivity contribution < 1.29 is 4.79 Å². The summed E-state index contributed by atoms with van der Waals surface area (Å²) in [6, 6.07) is 8.43. The number of carbonyl (C=O) groups excluding carboxylic acids is 1. The van der Waals surface area contributed by atoms with Crippen LogP contribution in [0, 0.1) is 0 Å². The first kappa shape index (κ1) is 13.1. The van der Waals surface area contributed by atoms with Gasteiger partial charge in [0.25, 0.3) is 0 Å². The zero-order valence-electron chi connectivity index (χ0n) is 11.3. The highest BCUT2D eigenvalue weighted by Gasteiger charge is 2.30. The van der Waals surface area contributed by atoms with Gasteiger partial charge in [0.1, 0.15) is 0 Å². The van der Waals surface area contributed by atoms with Crippen LogP contribution < -0.4 is 5.32 Å². The minimum absolute atomic E-state index is 0.0313. The molecule has 1 N–H and O–H groups in total. The molecule has 2 rings (SSSR count). The molecular formula is C15H22N2O. The Balaban J connectivity index is 2.04. The predicted molar refractivity (Wildman–Crippen MR) is 73.3 cm³/mol. The highest BCUT2D eigenvalue weighted by atomic mass is 16.2. The van der Waals surface area contributed by atoms with Gasteiger partial charge in [-0.15, -0.1) is 0 Å². The molecule has 1 aliphatic heterocycles. The van der Waals surface area contributed by atoms with Crippen LogP contribution in [0.2, 0.25) is 0 Å². The third-order valence-electron chi connectivity index (χ3n) is 3.61. The third kappa shape index (κ3) is 2.72. The first-order chi connectivity index (χ1) is 8.76. The lowest BCUT2D eigenvalue weighted by molar-refractivity contribution is -0.129. The molecule has 1 atom stereocenters. The highest BCUT2D eigenvalue weighted by molar-refractivity contribution is 5.84. The molecule has 18 heavy (non-hydrogen) atoms. The zero-order chi connectivity index (χ0) is 13.0. The van der Waals surface area contributed by atoms with E-state index in [-0.39, 0.29) is 11.9 Å². The smallest absolute Gasteiger partial charge is 0.240 e. The average Bonchev–Trinajstić information content (AvgIpc) is 2.73. The number of benzene rings is 1. The van der Waals surface area contributed by atoms with Gasteiger partial charge in [0.05, 0.1) is 6.04 Å². The van der Waals surface area contributed by atoms with E-state index >= 15 is 0 Å². The van der Waals surface area contributed by atoms with E-state index in [9.17, 15) is 4.79 Å². The molecule has 0 aromatic heterocycles. The number of hydrogen-bond acceptors (Lipinski definition) is 2. The van der Waals surface area contributed by atoms with Gasteiger partial charge in [-0.3, -0.25) is 4.79 Å². The fourth-order valence-corrected chi connectivity index (χ4v) is 2.59. The number of aryl methyl sites for hydroxylation is 1. The van der Waals surface area contributed by atoms with E-state index in [1.165, 1.54) is 11.1 Å². The van der Waals surface area contributed by atoms with Crippen molar-refractivity contribution in [2.75, 3.05) is 13.1 Å². The molecule has 1 amide bonds. The average molecular weight is 246 g/mol. The number of likely N-dealkylation sites (N-methyl/N-ethyl adjacent to an activating group) is 1. The Labute approximate surface area is 109 Å². The van der Waals surface area contributed by atoms with Crippen molar-refractivity contribution in [1.29, 1.82) is 0 Å². The van der Waals surface area contributed by atoms with Crippen molar-refractivity contribution in [3.05, 3.63) is 35.4 Å². The van der Waals surface area contributed by atoms with Crippen LogP contribution in [0.5, 0.6) is 0 Å². The van der Waals surface area contributed by atoms with Crippen LogP contribution in [0.4, 0.5) is 0 Å². The number of amides is 1. The van der Waals surface area contributed by atoms with Gasteiger partial charge in [-0.25, -0.2) is 0 Å². The number of nitrogens with zero attached hydrogens (tertiary/aromatic N) is 1. The fourth-order valence-electron chi connectivity index (χ4n) is 2.59. The van der Waals surface area contributed by atoms with Crippen LogP contribution >= 0.6 is 0 Å². The Bertz CT molecular complexity index is 417. The standard InChI is InChI=1S/C15H22N2O/c1-3-12-7-5-6-8-13(12)11-17-10-9-14(15(17)18)16-4-2/h5-8,14,16H,3-4,9-11H2,1-2H3. The summed E-state index contributed by atoms with van der Waals surface area (Å²) in [5.41, 5.74) is 2.63. The molecule has 1 aromatic rings. The van der Waals surface area contributed by atoms with Gasteiger partial charge in [0, 0.05) is 13.1 Å². The van der Waals surface area contributed by atoms with Crippen molar-refractivity contribution in [3.8, 4) is 0 Å². The number of likely N-dealkylation sites (tertiary alicyclic amines) is 1. The van der Waals surface area contributed by atoms with Crippen molar-refractivity contribution in [2.45, 2.75) is 39.3 Å². The van der Waals surface area contributed by atoms with E-state index in [2.05, 4.69) is 36.5 Å². The van der Waals surface area contributed by atoms with E-state index in [4.69, 9.17) is 0 Å². The molecule has 0 aliphatic carbocycles.